The third kappa shape index (κ3) is 4.62. The molecule has 20 heavy (non-hydrogen) atoms. The fourth-order valence-electron chi connectivity index (χ4n) is 2.14. The zero-order valence-corrected chi connectivity index (χ0v) is 12.6. The molecule has 1 unspecified atom stereocenters. The Labute approximate surface area is 124 Å². The Morgan fingerprint density at radius 2 is 1.95 bits per heavy atom. The van der Waals surface area contributed by atoms with E-state index in [1.165, 1.54) is 0 Å². The smallest absolute Gasteiger partial charge is 0.228 e. The molecule has 0 amide bonds. The largest absolute Gasteiger partial charge is 0.339 e. The molecule has 108 valence electrons. The van der Waals surface area contributed by atoms with Gasteiger partial charge in [-0.1, -0.05) is 42.7 Å². The van der Waals surface area contributed by atoms with Crippen LogP contribution < -0.4 is 5.73 Å². The average molecular weight is 294 g/mol. The monoisotopic (exact) mass is 293 g/mol. The minimum Gasteiger partial charge on any atom is -0.339 e. The van der Waals surface area contributed by atoms with Gasteiger partial charge in [-0.25, -0.2) is 0 Å². The molecule has 1 atom stereocenters. The van der Waals surface area contributed by atoms with Gasteiger partial charge in [0.1, 0.15) is 0 Å². The van der Waals surface area contributed by atoms with Gasteiger partial charge in [-0.05, 0) is 30.0 Å². The van der Waals surface area contributed by atoms with Gasteiger partial charge in [-0.3, -0.25) is 0 Å². The highest BCUT2D eigenvalue weighted by molar-refractivity contribution is 6.30. The van der Waals surface area contributed by atoms with E-state index in [1.807, 2.05) is 24.3 Å². The van der Waals surface area contributed by atoms with Gasteiger partial charge in [0, 0.05) is 23.9 Å². The van der Waals surface area contributed by atoms with Crippen LogP contribution in [0.2, 0.25) is 5.02 Å². The van der Waals surface area contributed by atoms with Gasteiger partial charge < -0.3 is 10.3 Å². The van der Waals surface area contributed by atoms with Crippen molar-refractivity contribution in [2.75, 3.05) is 0 Å². The Morgan fingerprint density at radius 1 is 1.25 bits per heavy atom. The third-order valence-corrected chi connectivity index (χ3v) is 3.25. The van der Waals surface area contributed by atoms with Crippen LogP contribution >= 0.6 is 11.6 Å². The molecule has 1 aromatic heterocycles. The van der Waals surface area contributed by atoms with Crippen molar-refractivity contribution in [2.45, 2.75) is 39.2 Å². The fraction of sp³-hybridized carbons (Fsp3) is 0.467. The van der Waals surface area contributed by atoms with Crippen molar-refractivity contribution < 1.29 is 4.52 Å². The lowest BCUT2D eigenvalue weighted by Crippen LogP contribution is -2.24. The van der Waals surface area contributed by atoms with Gasteiger partial charge in [0.15, 0.2) is 5.82 Å². The summed E-state index contributed by atoms with van der Waals surface area (Å²) in [6.45, 7) is 4.30. The maximum Gasteiger partial charge on any atom is 0.228 e. The van der Waals surface area contributed by atoms with E-state index in [9.17, 15) is 0 Å². The molecule has 2 N–H and O–H groups in total. The summed E-state index contributed by atoms with van der Waals surface area (Å²) in [6, 6.07) is 7.71. The summed E-state index contributed by atoms with van der Waals surface area (Å²) in [5.74, 6) is 1.86. The Kier molecular flexibility index (Phi) is 5.15. The molecule has 1 aromatic carbocycles. The molecule has 0 saturated heterocycles. The Hall–Kier alpha value is -1.39. The van der Waals surface area contributed by atoms with Crippen molar-refractivity contribution in [1.29, 1.82) is 0 Å². The molecule has 4 nitrogen and oxygen atoms in total. The number of nitrogens with zero attached hydrogens (tertiary/aromatic N) is 2. The number of nitrogens with two attached hydrogens (primary N) is 1. The van der Waals surface area contributed by atoms with Crippen molar-refractivity contribution in [1.82, 2.24) is 10.1 Å². The van der Waals surface area contributed by atoms with Gasteiger partial charge >= 0.3 is 0 Å². The van der Waals surface area contributed by atoms with Crippen molar-refractivity contribution in [3.05, 3.63) is 46.6 Å². The molecule has 0 bridgehead atoms. The molecule has 2 rings (SSSR count). The fourth-order valence-corrected chi connectivity index (χ4v) is 2.27. The second-order valence-corrected chi connectivity index (χ2v) is 5.94. The van der Waals surface area contributed by atoms with E-state index in [1.54, 1.807) is 0 Å². The van der Waals surface area contributed by atoms with Crippen molar-refractivity contribution in [3.8, 4) is 0 Å². The van der Waals surface area contributed by atoms with Crippen LogP contribution in [0.4, 0.5) is 0 Å². The van der Waals surface area contributed by atoms with E-state index in [2.05, 4.69) is 24.0 Å². The topological polar surface area (TPSA) is 64.9 Å². The van der Waals surface area contributed by atoms with Crippen LogP contribution in [0.15, 0.2) is 28.8 Å². The highest BCUT2D eigenvalue weighted by Gasteiger charge is 2.12. The Morgan fingerprint density at radius 3 is 2.60 bits per heavy atom. The summed E-state index contributed by atoms with van der Waals surface area (Å²) in [5, 5.41) is 4.72. The quantitative estimate of drug-likeness (QED) is 0.888. The van der Waals surface area contributed by atoms with Crippen LogP contribution in [0.1, 0.15) is 37.5 Å². The predicted octanol–water partition coefficient (Wildman–Crippen LogP) is 3.23. The van der Waals surface area contributed by atoms with Gasteiger partial charge in [0.25, 0.3) is 0 Å². The number of hydrogen-bond acceptors (Lipinski definition) is 4. The molecule has 0 radical (unpaired) electrons. The minimum atomic E-state index is 0.0684. The summed E-state index contributed by atoms with van der Waals surface area (Å²) in [4.78, 5) is 4.38. The molecular formula is C15H20ClN3O. The molecular weight excluding hydrogens is 274 g/mol. The van der Waals surface area contributed by atoms with Gasteiger partial charge in [-0.15, -0.1) is 0 Å². The lowest BCUT2D eigenvalue weighted by atomic mass is 10.0. The zero-order chi connectivity index (χ0) is 14.5. The molecule has 0 fully saturated rings. The zero-order valence-electron chi connectivity index (χ0n) is 11.8. The summed E-state index contributed by atoms with van der Waals surface area (Å²) in [7, 11) is 0. The standard InChI is InChI=1S/C15H20ClN3O/c1-10(2)7-13(17)9-15-18-14(19-20-15)8-11-3-5-12(16)6-4-11/h3-6,10,13H,7-9,17H2,1-2H3. The Balaban J connectivity index is 1.93. The average Bonchev–Trinajstić information content (AvgIpc) is 2.78. The maximum absolute atomic E-state index is 6.04. The first-order valence-corrected chi connectivity index (χ1v) is 7.22. The summed E-state index contributed by atoms with van der Waals surface area (Å²) in [6.07, 6.45) is 2.22. The molecule has 1 heterocycles. The van der Waals surface area contributed by atoms with E-state index in [4.69, 9.17) is 21.9 Å². The van der Waals surface area contributed by atoms with Gasteiger partial charge in [0.2, 0.25) is 5.89 Å². The van der Waals surface area contributed by atoms with E-state index in [0.29, 0.717) is 30.5 Å². The number of halogens is 1. The Bertz CT molecular complexity index is 536. The van der Waals surface area contributed by atoms with E-state index in [-0.39, 0.29) is 6.04 Å². The molecule has 2 aromatic rings. The van der Waals surface area contributed by atoms with Crippen LogP contribution in [-0.2, 0) is 12.8 Å². The van der Waals surface area contributed by atoms with E-state index in [0.717, 1.165) is 17.0 Å². The first kappa shape index (κ1) is 15.0. The van der Waals surface area contributed by atoms with Crippen LogP contribution in [0, 0.1) is 5.92 Å². The van der Waals surface area contributed by atoms with Crippen LogP contribution in [0.25, 0.3) is 0 Å². The van der Waals surface area contributed by atoms with Gasteiger partial charge in [-0.2, -0.15) is 4.98 Å². The van der Waals surface area contributed by atoms with Crippen LogP contribution in [0.3, 0.4) is 0 Å². The number of rotatable bonds is 6. The first-order chi connectivity index (χ1) is 9.52. The molecule has 0 spiro atoms. The molecule has 0 saturated carbocycles. The van der Waals surface area contributed by atoms with Crippen LogP contribution in [0.5, 0.6) is 0 Å². The van der Waals surface area contributed by atoms with E-state index >= 15 is 0 Å². The molecule has 0 aliphatic carbocycles. The van der Waals surface area contributed by atoms with Crippen molar-refractivity contribution in [2.24, 2.45) is 11.7 Å². The van der Waals surface area contributed by atoms with Crippen molar-refractivity contribution in [3.63, 3.8) is 0 Å². The minimum absolute atomic E-state index is 0.0684. The first-order valence-electron chi connectivity index (χ1n) is 6.84. The maximum atomic E-state index is 6.04. The highest BCUT2D eigenvalue weighted by atomic mass is 35.5. The van der Waals surface area contributed by atoms with Crippen molar-refractivity contribution >= 4 is 11.6 Å². The summed E-state index contributed by atoms with van der Waals surface area (Å²) < 4.78 is 5.25. The second kappa shape index (κ2) is 6.86. The second-order valence-electron chi connectivity index (χ2n) is 5.50. The molecule has 0 aliphatic heterocycles. The SMILES string of the molecule is CC(C)CC(N)Cc1nc(Cc2ccc(Cl)cc2)no1. The summed E-state index contributed by atoms with van der Waals surface area (Å²) in [5.41, 5.74) is 7.15. The number of hydrogen-bond donors (Lipinski definition) is 1. The number of benzene rings is 1. The van der Waals surface area contributed by atoms with Crippen LogP contribution in [-0.4, -0.2) is 16.2 Å². The van der Waals surface area contributed by atoms with Gasteiger partial charge in [0.05, 0.1) is 0 Å². The van der Waals surface area contributed by atoms with E-state index < -0.39 is 0 Å². The lowest BCUT2D eigenvalue weighted by Gasteiger charge is -2.10. The normalized spacial score (nSPS) is 12.8. The third-order valence-electron chi connectivity index (χ3n) is 3.00. The molecule has 5 heteroatoms. The molecule has 0 aliphatic rings. The predicted molar refractivity (Wildman–Crippen MR) is 79.7 cm³/mol. The lowest BCUT2D eigenvalue weighted by molar-refractivity contribution is 0.355. The highest BCUT2D eigenvalue weighted by Crippen LogP contribution is 2.13. The summed E-state index contributed by atoms with van der Waals surface area (Å²) >= 11 is 5.85. The number of aromatic nitrogens is 2.